The third kappa shape index (κ3) is 3.98. The van der Waals surface area contributed by atoms with E-state index in [1.165, 1.54) is 0 Å². The summed E-state index contributed by atoms with van der Waals surface area (Å²) in [7, 11) is 0. The van der Waals surface area contributed by atoms with Crippen LogP contribution >= 0.6 is 0 Å². The van der Waals surface area contributed by atoms with Gasteiger partial charge in [0, 0.05) is 29.7 Å². The highest BCUT2D eigenvalue weighted by atomic mass is 16.5. The van der Waals surface area contributed by atoms with E-state index in [2.05, 4.69) is 0 Å². The molecule has 1 fully saturated rings. The molecule has 5 rings (SSSR count). The minimum atomic E-state index is -0.0455. The molecule has 3 aromatic carbocycles. The lowest BCUT2D eigenvalue weighted by Crippen LogP contribution is -2.30. The van der Waals surface area contributed by atoms with Gasteiger partial charge in [0.05, 0.1) is 19.3 Å². The molecular formula is C27H25NO4. The summed E-state index contributed by atoms with van der Waals surface area (Å²) in [6.45, 7) is 2.00. The van der Waals surface area contributed by atoms with Crippen molar-refractivity contribution < 1.29 is 19.1 Å². The molecule has 1 amide bonds. The van der Waals surface area contributed by atoms with Crippen molar-refractivity contribution in [3.8, 4) is 11.5 Å². The lowest BCUT2D eigenvalue weighted by Gasteiger charge is -2.26. The molecule has 3 aromatic rings. The quantitative estimate of drug-likeness (QED) is 0.547. The summed E-state index contributed by atoms with van der Waals surface area (Å²) >= 11 is 0. The number of likely N-dealkylation sites (tertiary alicyclic amines) is 1. The Kier molecular flexibility index (Phi) is 5.63. The van der Waals surface area contributed by atoms with E-state index in [0.29, 0.717) is 36.4 Å². The molecule has 0 unspecified atom stereocenters. The number of benzene rings is 3. The molecule has 0 aromatic heterocycles. The van der Waals surface area contributed by atoms with Crippen LogP contribution in [-0.2, 0) is 0 Å². The van der Waals surface area contributed by atoms with Gasteiger partial charge in [-0.3, -0.25) is 9.59 Å². The zero-order valence-corrected chi connectivity index (χ0v) is 17.8. The number of ketones is 1. The Morgan fingerprint density at radius 3 is 2.22 bits per heavy atom. The Bertz CT molecular complexity index is 1120. The van der Waals surface area contributed by atoms with Crippen molar-refractivity contribution in [2.24, 2.45) is 0 Å². The highest BCUT2D eigenvalue weighted by Crippen LogP contribution is 2.38. The minimum absolute atomic E-state index is 0.00489. The fourth-order valence-corrected chi connectivity index (χ4v) is 4.43. The van der Waals surface area contributed by atoms with E-state index in [1.807, 2.05) is 41.3 Å². The average molecular weight is 428 g/mol. The standard InChI is InChI=1S/C27H25NO4/c29-26(19-6-2-1-3-7-19)20-9-11-21(12-10-20)27(30)28-15-4-8-23(28)22-13-14-24-25(18-22)32-17-5-16-31-24/h1-3,6-7,9-14,18,23H,4-5,8,15-17H2/t23-/m1/s1. The van der Waals surface area contributed by atoms with Crippen LogP contribution < -0.4 is 9.47 Å². The third-order valence-corrected chi connectivity index (χ3v) is 6.10. The Balaban J connectivity index is 1.35. The van der Waals surface area contributed by atoms with Crippen molar-refractivity contribution in [2.45, 2.75) is 25.3 Å². The predicted molar refractivity (Wildman–Crippen MR) is 121 cm³/mol. The molecule has 0 bridgehead atoms. The number of rotatable bonds is 4. The van der Waals surface area contributed by atoms with Gasteiger partial charge < -0.3 is 14.4 Å². The van der Waals surface area contributed by atoms with E-state index < -0.39 is 0 Å². The van der Waals surface area contributed by atoms with E-state index in [9.17, 15) is 9.59 Å². The summed E-state index contributed by atoms with van der Waals surface area (Å²) in [5.74, 6) is 1.46. The van der Waals surface area contributed by atoms with Gasteiger partial charge in [-0.2, -0.15) is 0 Å². The largest absolute Gasteiger partial charge is 0.490 e. The average Bonchev–Trinajstić information content (AvgIpc) is 3.22. The summed E-state index contributed by atoms with van der Waals surface area (Å²) in [6, 6.07) is 22.1. The SMILES string of the molecule is O=C(c1ccccc1)c1ccc(C(=O)N2CCC[C@@H]2c2ccc3c(c2)OCCCO3)cc1. The van der Waals surface area contributed by atoms with Crippen LogP contribution in [0.1, 0.15) is 57.1 Å². The van der Waals surface area contributed by atoms with Crippen molar-refractivity contribution in [2.75, 3.05) is 19.8 Å². The highest BCUT2D eigenvalue weighted by molar-refractivity contribution is 6.09. The number of carbonyl (C=O) groups is 2. The first-order valence-electron chi connectivity index (χ1n) is 11.1. The van der Waals surface area contributed by atoms with Crippen LogP contribution in [0.2, 0.25) is 0 Å². The molecule has 0 N–H and O–H groups in total. The van der Waals surface area contributed by atoms with Gasteiger partial charge in [-0.25, -0.2) is 0 Å². The molecule has 0 aliphatic carbocycles. The maximum atomic E-state index is 13.3. The van der Waals surface area contributed by atoms with Crippen molar-refractivity contribution >= 4 is 11.7 Å². The van der Waals surface area contributed by atoms with Gasteiger partial charge in [-0.05, 0) is 42.7 Å². The molecule has 0 radical (unpaired) electrons. The first kappa shape index (κ1) is 20.3. The lowest BCUT2D eigenvalue weighted by molar-refractivity contribution is 0.0735. The van der Waals surface area contributed by atoms with Gasteiger partial charge in [0.2, 0.25) is 0 Å². The number of nitrogens with zero attached hydrogens (tertiary/aromatic N) is 1. The van der Waals surface area contributed by atoms with Gasteiger partial charge >= 0.3 is 0 Å². The second kappa shape index (κ2) is 8.87. The molecule has 1 saturated heterocycles. The van der Waals surface area contributed by atoms with Gasteiger partial charge in [0.15, 0.2) is 17.3 Å². The zero-order chi connectivity index (χ0) is 21.9. The smallest absolute Gasteiger partial charge is 0.254 e. The summed E-state index contributed by atoms with van der Waals surface area (Å²) in [5.41, 5.74) is 2.88. The molecule has 0 saturated carbocycles. The third-order valence-electron chi connectivity index (χ3n) is 6.10. The number of hydrogen-bond acceptors (Lipinski definition) is 4. The number of ether oxygens (including phenoxy) is 2. The summed E-state index contributed by atoms with van der Waals surface area (Å²) in [6.07, 6.45) is 2.73. The van der Waals surface area contributed by atoms with Gasteiger partial charge in [0.1, 0.15) is 0 Å². The molecule has 5 heteroatoms. The van der Waals surface area contributed by atoms with Crippen LogP contribution in [0.4, 0.5) is 0 Å². The van der Waals surface area contributed by atoms with Gasteiger partial charge in [0.25, 0.3) is 5.91 Å². The number of hydrogen-bond donors (Lipinski definition) is 0. The summed E-state index contributed by atoms with van der Waals surface area (Å²) < 4.78 is 11.6. The van der Waals surface area contributed by atoms with E-state index in [4.69, 9.17) is 9.47 Å². The fourth-order valence-electron chi connectivity index (χ4n) is 4.43. The fraction of sp³-hybridized carbons (Fsp3) is 0.259. The zero-order valence-electron chi connectivity index (χ0n) is 17.8. The Morgan fingerprint density at radius 1 is 0.750 bits per heavy atom. The summed E-state index contributed by atoms with van der Waals surface area (Å²) in [4.78, 5) is 27.9. The van der Waals surface area contributed by atoms with Gasteiger partial charge in [-0.1, -0.05) is 48.5 Å². The normalized spacial score (nSPS) is 17.6. The minimum Gasteiger partial charge on any atom is -0.490 e. The lowest BCUT2D eigenvalue weighted by atomic mass is 10.0. The van der Waals surface area contributed by atoms with E-state index in [-0.39, 0.29) is 17.7 Å². The Hall–Kier alpha value is -3.60. The Morgan fingerprint density at radius 2 is 1.44 bits per heavy atom. The molecule has 2 heterocycles. The maximum absolute atomic E-state index is 13.3. The van der Waals surface area contributed by atoms with E-state index in [0.717, 1.165) is 36.3 Å². The van der Waals surface area contributed by atoms with Crippen LogP contribution in [0, 0.1) is 0 Å². The van der Waals surface area contributed by atoms with Crippen molar-refractivity contribution in [1.82, 2.24) is 4.90 Å². The topological polar surface area (TPSA) is 55.8 Å². The maximum Gasteiger partial charge on any atom is 0.254 e. The number of amides is 1. The van der Waals surface area contributed by atoms with E-state index >= 15 is 0 Å². The van der Waals surface area contributed by atoms with Crippen LogP contribution in [0.25, 0.3) is 0 Å². The monoisotopic (exact) mass is 427 g/mol. The van der Waals surface area contributed by atoms with Crippen molar-refractivity contribution in [3.63, 3.8) is 0 Å². The second-order valence-corrected chi connectivity index (χ2v) is 8.19. The number of carbonyl (C=O) groups excluding carboxylic acids is 2. The first-order chi connectivity index (χ1) is 15.7. The molecular weight excluding hydrogens is 402 g/mol. The van der Waals surface area contributed by atoms with Gasteiger partial charge in [-0.15, -0.1) is 0 Å². The molecule has 2 aliphatic heterocycles. The second-order valence-electron chi connectivity index (χ2n) is 8.19. The van der Waals surface area contributed by atoms with Crippen LogP contribution in [-0.4, -0.2) is 36.3 Å². The van der Waals surface area contributed by atoms with Crippen LogP contribution in [0.15, 0.2) is 72.8 Å². The van der Waals surface area contributed by atoms with Crippen LogP contribution in [0.3, 0.4) is 0 Å². The molecule has 2 aliphatic rings. The van der Waals surface area contributed by atoms with Crippen molar-refractivity contribution in [3.05, 3.63) is 95.1 Å². The van der Waals surface area contributed by atoms with Crippen molar-refractivity contribution in [1.29, 1.82) is 0 Å². The van der Waals surface area contributed by atoms with Crippen LogP contribution in [0.5, 0.6) is 11.5 Å². The highest BCUT2D eigenvalue weighted by Gasteiger charge is 2.31. The first-order valence-corrected chi connectivity index (χ1v) is 11.1. The molecule has 5 nitrogen and oxygen atoms in total. The predicted octanol–water partition coefficient (Wildman–Crippen LogP) is 5.06. The summed E-state index contributed by atoms with van der Waals surface area (Å²) in [5, 5.41) is 0. The molecule has 162 valence electrons. The van der Waals surface area contributed by atoms with E-state index in [1.54, 1.807) is 36.4 Å². The molecule has 32 heavy (non-hydrogen) atoms. The Labute approximate surface area is 187 Å². The molecule has 0 spiro atoms. The molecule has 1 atom stereocenters. The number of fused-ring (bicyclic) bond motifs is 1.